The van der Waals surface area contributed by atoms with Crippen molar-refractivity contribution >= 4 is 40.4 Å². The van der Waals surface area contributed by atoms with Gasteiger partial charge in [-0.05, 0) is 56.1 Å². The number of rotatable bonds is 9. The van der Waals surface area contributed by atoms with Crippen LogP contribution in [0.25, 0.3) is 0 Å². The molecular formula is C26H30N8O5S. The Labute approximate surface area is 234 Å². The second-order valence-electron chi connectivity index (χ2n) is 9.81. The van der Waals surface area contributed by atoms with E-state index >= 15 is 0 Å². The molecule has 0 amide bonds. The number of likely N-dealkylation sites (N-methyl/N-ethyl adjacent to an activating group) is 1. The Bertz CT molecular complexity index is 1470. The molecule has 210 valence electrons. The summed E-state index contributed by atoms with van der Waals surface area (Å²) >= 11 is 1.42. The van der Waals surface area contributed by atoms with Gasteiger partial charge in [0, 0.05) is 47.5 Å². The third-order valence-electron chi connectivity index (χ3n) is 7.30. The highest BCUT2D eigenvalue weighted by Crippen LogP contribution is 2.38. The van der Waals surface area contributed by atoms with E-state index in [1.165, 1.54) is 23.9 Å². The van der Waals surface area contributed by atoms with Crippen molar-refractivity contribution < 1.29 is 19.5 Å². The van der Waals surface area contributed by atoms with E-state index in [1.807, 2.05) is 30.5 Å². The molecule has 1 unspecified atom stereocenters. The van der Waals surface area contributed by atoms with Crippen molar-refractivity contribution in [2.24, 2.45) is 5.73 Å². The van der Waals surface area contributed by atoms with Gasteiger partial charge in [-0.15, -0.1) is 16.4 Å². The molecule has 14 heteroatoms. The van der Waals surface area contributed by atoms with E-state index in [1.54, 1.807) is 0 Å². The Morgan fingerprint density at radius 3 is 2.45 bits per heavy atom. The average molecular weight is 567 g/mol. The summed E-state index contributed by atoms with van der Waals surface area (Å²) < 4.78 is 1.09. The molecule has 1 saturated heterocycles. The summed E-state index contributed by atoms with van der Waals surface area (Å²) in [5.74, 6) is -1.51. The molecular weight excluding hydrogens is 536 g/mol. The lowest BCUT2D eigenvalue weighted by Gasteiger charge is -2.34. The minimum Gasteiger partial charge on any atom is -0.571 e. The van der Waals surface area contributed by atoms with E-state index in [0.717, 1.165) is 42.1 Å². The van der Waals surface area contributed by atoms with Crippen molar-refractivity contribution in [1.82, 2.24) is 14.7 Å². The second kappa shape index (κ2) is 11.2. The molecule has 5 rings (SSSR count). The van der Waals surface area contributed by atoms with Gasteiger partial charge in [0.2, 0.25) is 17.3 Å². The number of nitrogens with zero attached hydrogens (tertiary/aromatic N) is 6. The average Bonchev–Trinajstić information content (AvgIpc) is 3.27. The normalized spacial score (nSPS) is 16.0. The Morgan fingerprint density at radius 1 is 1.12 bits per heavy atom. The summed E-state index contributed by atoms with van der Waals surface area (Å²) in [6.45, 7) is 4.12. The summed E-state index contributed by atoms with van der Waals surface area (Å²) in [4.78, 5) is 43.3. The summed E-state index contributed by atoms with van der Waals surface area (Å²) in [5.41, 5.74) is 5.92. The Balaban J connectivity index is 1.46. The maximum Gasteiger partial charge on any atom is 0.304 e. The van der Waals surface area contributed by atoms with Crippen LogP contribution < -0.4 is 20.9 Å². The van der Waals surface area contributed by atoms with Gasteiger partial charge >= 0.3 is 5.69 Å². The van der Waals surface area contributed by atoms with Gasteiger partial charge in [0.15, 0.2) is 5.69 Å². The second-order valence-corrected chi connectivity index (χ2v) is 10.9. The number of benzene rings is 2. The maximum absolute atomic E-state index is 13.6. The lowest BCUT2D eigenvalue weighted by atomic mass is 9.88. The largest absolute Gasteiger partial charge is 0.571 e. The molecule has 1 atom stereocenters. The maximum atomic E-state index is 13.6. The fraction of sp³-hybridized carbons (Fsp3) is 0.385. The minimum absolute atomic E-state index is 0.000567. The molecule has 3 N–H and O–H groups in total. The first-order chi connectivity index (χ1) is 19.2. The molecule has 13 nitrogen and oxygen atoms in total. The van der Waals surface area contributed by atoms with Crippen molar-refractivity contribution in [3.8, 4) is 0 Å². The summed E-state index contributed by atoms with van der Waals surface area (Å²) in [5, 5.41) is 31.6. The van der Waals surface area contributed by atoms with Crippen molar-refractivity contribution in [2.45, 2.75) is 18.3 Å². The number of thioether (sulfide) groups is 1. The van der Waals surface area contributed by atoms with Crippen LogP contribution in [0.4, 0.5) is 17.1 Å². The monoisotopic (exact) mass is 566 g/mol. The van der Waals surface area contributed by atoms with Crippen LogP contribution in [0.3, 0.4) is 0 Å². The first kappa shape index (κ1) is 27.6. The number of hydrogen-bond donors (Lipinski definition) is 2. The van der Waals surface area contributed by atoms with Crippen LogP contribution in [0.5, 0.6) is 0 Å². The highest BCUT2D eigenvalue weighted by atomic mass is 32.2. The molecule has 0 bridgehead atoms. The van der Waals surface area contributed by atoms with Crippen molar-refractivity contribution in [2.75, 3.05) is 56.2 Å². The smallest absolute Gasteiger partial charge is 0.304 e. The number of carbonyl (C=O) groups excluding carboxylic acids is 2. The van der Waals surface area contributed by atoms with Gasteiger partial charge in [-0.1, -0.05) is 12.1 Å². The Morgan fingerprint density at radius 2 is 1.82 bits per heavy atom. The molecule has 2 aromatic carbocycles. The first-order valence-corrected chi connectivity index (χ1v) is 14.2. The predicted molar refractivity (Wildman–Crippen MR) is 151 cm³/mol. The van der Waals surface area contributed by atoms with Gasteiger partial charge in [0.1, 0.15) is 17.8 Å². The van der Waals surface area contributed by atoms with E-state index in [9.17, 15) is 24.9 Å². The molecule has 40 heavy (non-hydrogen) atoms. The number of fused-ring (bicyclic) bond motifs is 2. The summed E-state index contributed by atoms with van der Waals surface area (Å²) in [6.07, 6.45) is 2.36. The number of piperazine rings is 1. The standard InChI is InChI=1S/C26H30N8O5S/c1-30-11-13-31(14-12-30)17-5-3-16(4-6-17)15-32-24-22(29-34(32)39)26(36)21-18(25(24)35)7-8-19(23(21)33(37)38)28-20(40-2)9-10-27/h3-8,20,28H,9-15,27H2,1-2H3. The fourth-order valence-electron chi connectivity index (χ4n) is 5.10. The number of nitrogens with two attached hydrogens (primary N) is 1. The number of anilines is 2. The molecule has 2 heterocycles. The van der Waals surface area contributed by atoms with Crippen molar-refractivity contribution in [3.63, 3.8) is 0 Å². The molecule has 3 aromatic rings. The lowest BCUT2D eigenvalue weighted by molar-refractivity contribution is -0.748. The van der Waals surface area contributed by atoms with E-state index in [2.05, 4.69) is 27.3 Å². The third-order valence-corrected chi connectivity index (χ3v) is 8.23. The molecule has 0 saturated carbocycles. The summed E-state index contributed by atoms with van der Waals surface area (Å²) in [7, 11) is 2.09. The number of nitro groups is 1. The van der Waals surface area contributed by atoms with Gasteiger partial charge in [-0.3, -0.25) is 19.7 Å². The lowest BCUT2D eigenvalue weighted by Crippen LogP contribution is -2.44. The number of carbonyl (C=O) groups is 2. The minimum atomic E-state index is -0.840. The topological polar surface area (TPSA) is 167 Å². The molecule has 0 spiro atoms. The number of aromatic nitrogens is 3. The molecule has 1 fully saturated rings. The molecule has 1 aliphatic heterocycles. The van der Waals surface area contributed by atoms with E-state index in [-0.39, 0.29) is 39.4 Å². The zero-order valence-electron chi connectivity index (χ0n) is 22.2. The zero-order valence-corrected chi connectivity index (χ0v) is 23.0. The molecule has 1 aromatic heterocycles. The van der Waals surface area contributed by atoms with E-state index in [4.69, 9.17) is 5.73 Å². The van der Waals surface area contributed by atoms with Crippen LogP contribution in [0.2, 0.25) is 0 Å². The van der Waals surface area contributed by atoms with E-state index in [0.29, 0.717) is 13.0 Å². The van der Waals surface area contributed by atoms with Crippen LogP contribution in [-0.2, 0) is 6.54 Å². The van der Waals surface area contributed by atoms with Gasteiger partial charge < -0.3 is 26.1 Å². The predicted octanol–water partition coefficient (Wildman–Crippen LogP) is 1.45. The van der Waals surface area contributed by atoms with Crippen molar-refractivity contribution in [1.29, 1.82) is 0 Å². The zero-order chi connectivity index (χ0) is 28.6. The quantitative estimate of drug-likeness (QED) is 0.0989. The SMILES string of the molecule is CSC(CCN)Nc1ccc2c(c1[N+](=O)[O-])C(=O)c1n[n+]([O-])n(Cc3ccc(N4CCN(C)CC4)cc3)c1C2=O. The van der Waals surface area contributed by atoms with Gasteiger partial charge in [-0.2, -0.15) is 0 Å². The Kier molecular flexibility index (Phi) is 7.74. The van der Waals surface area contributed by atoms with Gasteiger partial charge in [-0.25, -0.2) is 0 Å². The van der Waals surface area contributed by atoms with Crippen LogP contribution in [0, 0.1) is 15.3 Å². The van der Waals surface area contributed by atoms with E-state index < -0.39 is 27.9 Å². The fourth-order valence-corrected chi connectivity index (χ4v) is 5.71. The molecule has 0 radical (unpaired) electrons. The highest BCUT2D eigenvalue weighted by molar-refractivity contribution is 7.99. The number of hydrogen-bond acceptors (Lipinski definition) is 11. The van der Waals surface area contributed by atoms with Crippen molar-refractivity contribution in [3.05, 3.63) is 79.8 Å². The highest BCUT2D eigenvalue weighted by Gasteiger charge is 2.44. The first-order valence-electron chi connectivity index (χ1n) is 12.9. The third kappa shape index (κ3) is 5.00. The molecule has 2 aliphatic rings. The van der Waals surface area contributed by atoms with Crippen LogP contribution in [-0.4, -0.2) is 82.6 Å². The number of ketones is 2. The molecule has 1 aliphatic carbocycles. The number of nitrogens with one attached hydrogen (secondary N) is 1. The van der Waals surface area contributed by atoms with Crippen LogP contribution in [0.15, 0.2) is 36.4 Å². The Hall–Kier alpha value is -4.01. The van der Waals surface area contributed by atoms with Gasteiger partial charge in [0.25, 0.3) is 0 Å². The van der Waals surface area contributed by atoms with Crippen LogP contribution >= 0.6 is 11.8 Å². The summed E-state index contributed by atoms with van der Waals surface area (Å²) in [6, 6.07) is 10.5. The van der Waals surface area contributed by atoms with Crippen LogP contribution in [0.1, 0.15) is 44.1 Å². The van der Waals surface area contributed by atoms with Gasteiger partial charge in [0.05, 0.1) is 10.3 Å². The number of nitro benzene ring substituents is 1.